The third-order valence-corrected chi connectivity index (χ3v) is 5.29. The average Bonchev–Trinajstić information content (AvgIpc) is 2.70. The molecule has 2 aliphatic heterocycles. The number of urea groups is 1. The minimum Gasteiger partial charge on any atom is -0.481 e. The average molecular weight is 319 g/mol. The van der Waals surface area contributed by atoms with Gasteiger partial charge in [0.25, 0.3) is 0 Å². The summed E-state index contributed by atoms with van der Waals surface area (Å²) in [6.45, 7) is 0.431. The van der Waals surface area contributed by atoms with E-state index in [1.165, 1.54) is 0 Å². The Hall–Kier alpha value is -1.84. The molecule has 0 aromatic rings. The molecular formula is C11H17N3O6S. The van der Waals surface area contributed by atoms with Gasteiger partial charge < -0.3 is 20.6 Å². The number of carboxylic acids is 1. The molecule has 2 aliphatic rings. The Balaban J connectivity index is 2.02. The van der Waals surface area contributed by atoms with Crippen LogP contribution in [0.2, 0.25) is 0 Å². The molecule has 118 valence electrons. The molecule has 2 atom stereocenters. The number of carbonyl (C=O) groups excluding carboxylic acids is 2. The van der Waals surface area contributed by atoms with Crippen molar-refractivity contribution in [1.29, 1.82) is 0 Å². The van der Waals surface area contributed by atoms with Crippen molar-refractivity contribution in [3.63, 3.8) is 0 Å². The topological polar surface area (TPSA) is 133 Å². The minimum atomic E-state index is -3.12. The Morgan fingerprint density at radius 3 is 2.71 bits per heavy atom. The Labute approximate surface area is 121 Å². The maximum absolute atomic E-state index is 12.1. The Kier molecular flexibility index (Phi) is 4.35. The highest BCUT2D eigenvalue weighted by molar-refractivity contribution is 7.91. The number of carboxylic acid groups (broad SMARTS) is 1. The third kappa shape index (κ3) is 3.84. The van der Waals surface area contributed by atoms with E-state index in [9.17, 15) is 22.8 Å². The molecule has 0 radical (unpaired) electrons. The minimum absolute atomic E-state index is 0.0248. The summed E-state index contributed by atoms with van der Waals surface area (Å²) >= 11 is 0. The van der Waals surface area contributed by atoms with Crippen molar-refractivity contribution in [2.45, 2.75) is 24.9 Å². The van der Waals surface area contributed by atoms with Crippen LogP contribution in [-0.2, 0) is 19.4 Å². The van der Waals surface area contributed by atoms with E-state index >= 15 is 0 Å². The summed E-state index contributed by atoms with van der Waals surface area (Å²) in [4.78, 5) is 35.8. The molecule has 2 rings (SSSR count). The van der Waals surface area contributed by atoms with E-state index in [0.717, 1.165) is 4.90 Å². The lowest BCUT2D eigenvalue weighted by atomic mass is 10.1. The molecule has 0 aliphatic carbocycles. The SMILES string of the molecule is O=C(O)CC1C(=O)NCCN1C(=O)NC1CCS(=O)(=O)C1. The Bertz CT molecular complexity index is 560. The van der Waals surface area contributed by atoms with Gasteiger partial charge in [0.15, 0.2) is 9.84 Å². The lowest BCUT2D eigenvalue weighted by Gasteiger charge is -2.34. The zero-order valence-corrected chi connectivity index (χ0v) is 12.1. The highest BCUT2D eigenvalue weighted by atomic mass is 32.2. The van der Waals surface area contributed by atoms with E-state index in [0.29, 0.717) is 6.42 Å². The van der Waals surface area contributed by atoms with Gasteiger partial charge in [0, 0.05) is 19.1 Å². The monoisotopic (exact) mass is 319 g/mol. The van der Waals surface area contributed by atoms with Gasteiger partial charge in [0.05, 0.1) is 17.9 Å². The van der Waals surface area contributed by atoms with Crippen molar-refractivity contribution in [2.24, 2.45) is 0 Å². The second kappa shape index (κ2) is 5.88. The van der Waals surface area contributed by atoms with Gasteiger partial charge in [-0.15, -0.1) is 0 Å². The second-order valence-corrected chi connectivity index (χ2v) is 7.38. The zero-order valence-electron chi connectivity index (χ0n) is 11.2. The predicted octanol–water partition coefficient (Wildman–Crippen LogP) is -1.84. The number of rotatable bonds is 3. The number of piperazine rings is 1. The van der Waals surface area contributed by atoms with Crippen molar-refractivity contribution in [2.75, 3.05) is 24.6 Å². The maximum atomic E-state index is 12.1. The van der Waals surface area contributed by atoms with Crippen LogP contribution in [0, 0.1) is 0 Å². The first-order valence-electron chi connectivity index (χ1n) is 6.55. The molecule has 3 amide bonds. The first kappa shape index (κ1) is 15.5. The van der Waals surface area contributed by atoms with Crippen LogP contribution in [0.15, 0.2) is 0 Å². The fourth-order valence-electron chi connectivity index (χ4n) is 2.49. The molecule has 2 heterocycles. The fraction of sp³-hybridized carbons (Fsp3) is 0.727. The lowest BCUT2D eigenvalue weighted by molar-refractivity contribution is -0.142. The van der Waals surface area contributed by atoms with Gasteiger partial charge in [-0.3, -0.25) is 9.59 Å². The molecule has 0 bridgehead atoms. The first-order chi connectivity index (χ1) is 9.78. The number of sulfone groups is 1. The summed E-state index contributed by atoms with van der Waals surface area (Å²) in [5, 5.41) is 13.9. The highest BCUT2D eigenvalue weighted by Gasteiger charge is 2.37. The molecule has 2 unspecified atom stereocenters. The van der Waals surface area contributed by atoms with Crippen LogP contribution in [0.1, 0.15) is 12.8 Å². The molecule has 2 fully saturated rings. The van der Waals surface area contributed by atoms with Gasteiger partial charge >= 0.3 is 12.0 Å². The van der Waals surface area contributed by atoms with Crippen molar-refractivity contribution in [3.8, 4) is 0 Å². The van der Waals surface area contributed by atoms with Gasteiger partial charge in [-0.05, 0) is 6.42 Å². The molecule has 0 aromatic heterocycles. The summed E-state index contributed by atoms with van der Waals surface area (Å²) in [5.74, 6) is -1.80. The van der Waals surface area contributed by atoms with E-state index in [4.69, 9.17) is 5.11 Å². The molecule has 3 N–H and O–H groups in total. The van der Waals surface area contributed by atoms with Gasteiger partial charge in [-0.2, -0.15) is 0 Å². The zero-order chi connectivity index (χ0) is 15.6. The van der Waals surface area contributed by atoms with E-state index in [1.807, 2.05) is 0 Å². The standard InChI is InChI=1S/C11H17N3O6S/c15-9(16)5-8-10(17)12-2-3-14(8)11(18)13-7-1-4-21(19,20)6-7/h7-8H,1-6H2,(H,12,17)(H,13,18)(H,15,16). The van der Waals surface area contributed by atoms with Crippen LogP contribution < -0.4 is 10.6 Å². The summed E-state index contributed by atoms with van der Waals surface area (Å²) in [6.07, 6.45) is -0.153. The molecule has 0 saturated carbocycles. The molecule has 21 heavy (non-hydrogen) atoms. The molecule has 9 nitrogen and oxygen atoms in total. The van der Waals surface area contributed by atoms with Crippen LogP contribution in [0.25, 0.3) is 0 Å². The third-order valence-electron chi connectivity index (χ3n) is 3.52. The summed E-state index contributed by atoms with van der Waals surface area (Å²) in [5.41, 5.74) is 0. The number of hydrogen-bond acceptors (Lipinski definition) is 5. The van der Waals surface area contributed by atoms with Crippen molar-refractivity contribution < 1.29 is 27.9 Å². The van der Waals surface area contributed by atoms with Crippen LogP contribution in [0.5, 0.6) is 0 Å². The summed E-state index contributed by atoms with van der Waals surface area (Å²) < 4.78 is 22.7. The fourth-order valence-corrected chi connectivity index (χ4v) is 4.17. The van der Waals surface area contributed by atoms with Gasteiger partial charge in [-0.1, -0.05) is 0 Å². The number of nitrogens with zero attached hydrogens (tertiary/aromatic N) is 1. The lowest BCUT2D eigenvalue weighted by Crippen LogP contribution is -2.60. The molecule has 0 aromatic carbocycles. The highest BCUT2D eigenvalue weighted by Crippen LogP contribution is 2.14. The van der Waals surface area contributed by atoms with Crippen LogP contribution in [0.4, 0.5) is 4.79 Å². The largest absolute Gasteiger partial charge is 0.481 e. The maximum Gasteiger partial charge on any atom is 0.318 e. The number of amides is 3. The quantitative estimate of drug-likeness (QED) is 0.560. The number of hydrogen-bond donors (Lipinski definition) is 3. The smallest absolute Gasteiger partial charge is 0.318 e. The van der Waals surface area contributed by atoms with E-state index < -0.39 is 46.2 Å². The van der Waals surface area contributed by atoms with E-state index in [1.54, 1.807) is 0 Å². The Morgan fingerprint density at radius 1 is 1.43 bits per heavy atom. The van der Waals surface area contributed by atoms with Crippen molar-refractivity contribution in [1.82, 2.24) is 15.5 Å². The van der Waals surface area contributed by atoms with Crippen molar-refractivity contribution in [3.05, 3.63) is 0 Å². The number of carbonyl (C=O) groups is 3. The molecular weight excluding hydrogens is 302 g/mol. The van der Waals surface area contributed by atoms with Gasteiger partial charge in [-0.25, -0.2) is 13.2 Å². The van der Waals surface area contributed by atoms with Gasteiger partial charge in [0.2, 0.25) is 5.91 Å². The second-order valence-electron chi connectivity index (χ2n) is 5.15. The number of nitrogens with one attached hydrogen (secondary N) is 2. The number of aliphatic carboxylic acids is 1. The van der Waals surface area contributed by atoms with Crippen LogP contribution in [0.3, 0.4) is 0 Å². The summed E-state index contributed by atoms with van der Waals surface area (Å²) in [6, 6.07) is -2.16. The predicted molar refractivity (Wildman–Crippen MR) is 71.3 cm³/mol. The van der Waals surface area contributed by atoms with Crippen LogP contribution >= 0.6 is 0 Å². The van der Waals surface area contributed by atoms with Crippen LogP contribution in [-0.4, -0.2) is 73.0 Å². The van der Waals surface area contributed by atoms with E-state index in [-0.39, 0.29) is 24.6 Å². The molecule has 2 saturated heterocycles. The summed E-state index contributed by atoms with van der Waals surface area (Å²) in [7, 11) is -3.12. The van der Waals surface area contributed by atoms with Gasteiger partial charge in [0.1, 0.15) is 6.04 Å². The molecule has 10 heteroatoms. The normalized spacial score (nSPS) is 28.0. The first-order valence-corrected chi connectivity index (χ1v) is 8.38. The molecule has 0 spiro atoms. The Morgan fingerprint density at radius 2 is 2.14 bits per heavy atom. The van der Waals surface area contributed by atoms with E-state index in [2.05, 4.69) is 10.6 Å². The van der Waals surface area contributed by atoms with Crippen molar-refractivity contribution >= 4 is 27.7 Å².